The van der Waals surface area contributed by atoms with Gasteiger partial charge in [0.25, 0.3) is 5.91 Å². The van der Waals surface area contributed by atoms with Gasteiger partial charge in [-0.05, 0) is 73.6 Å². The van der Waals surface area contributed by atoms with Crippen molar-refractivity contribution in [3.05, 3.63) is 88.8 Å². The second kappa shape index (κ2) is 10.8. The summed E-state index contributed by atoms with van der Waals surface area (Å²) in [5, 5.41) is 14.7. The fourth-order valence-electron chi connectivity index (χ4n) is 4.15. The highest BCUT2D eigenvalue weighted by Gasteiger charge is 2.36. The number of thioether (sulfide) groups is 2. The molecule has 0 bridgehead atoms. The zero-order chi connectivity index (χ0) is 27.7. The number of aliphatic imine (C=N–C) groups is 1. The highest BCUT2D eigenvalue weighted by Crippen LogP contribution is 2.34. The lowest BCUT2D eigenvalue weighted by Gasteiger charge is -2.20. The van der Waals surface area contributed by atoms with Crippen LogP contribution < -0.4 is 4.74 Å². The lowest BCUT2D eigenvalue weighted by atomic mass is 10.1. The fraction of sp³-hybridized carbons (Fsp3) is 0.185. The minimum Gasteiger partial charge on any atom is -0.493 e. The van der Waals surface area contributed by atoms with E-state index >= 15 is 0 Å². The fourth-order valence-corrected chi connectivity index (χ4v) is 5.96. The average molecular weight is 570 g/mol. The summed E-state index contributed by atoms with van der Waals surface area (Å²) in [6.07, 6.45) is -2.92. The van der Waals surface area contributed by atoms with E-state index in [1.54, 1.807) is 30.5 Å². The summed E-state index contributed by atoms with van der Waals surface area (Å²) in [5.41, 5.74) is 1.56. The number of rotatable bonds is 6. The molecular weight excluding hydrogens is 547 g/mol. The van der Waals surface area contributed by atoms with E-state index in [-0.39, 0.29) is 11.4 Å². The van der Waals surface area contributed by atoms with Gasteiger partial charge in [-0.15, -0.1) is 5.10 Å². The molecule has 0 saturated heterocycles. The van der Waals surface area contributed by atoms with Gasteiger partial charge in [-0.1, -0.05) is 36.0 Å². The summed E-state index contributed by atoms with van der Waals surface area (Å²) in [6.45, 7) is 3.98. The number of benzene rings is 2. The number of amides is 1. The van der Waals surface area contributed by atoms with Gasteiger partial charge in [0.2, 0.25) is 5.17 Å². The van der Waals surface area contributed by atoms with Crippen molar-refractivity contribution in [2.24, 2.45) is 10.1 Å². The summed E-state index contributed by atoms with van der Waals surface area (Å²) >= 11 is 2.66. The van der Waals surface area contributed by atoms with Gasteiger partial charge in [-0.25, -0.2) is 0 Å². The van der Waals surface area contributed by atoms with E-state index in [2.05, 4.69) is 10.1 Å². The Labute approximate surface area is 231 Å². The van der Waals surface area contributed by atoms with Crippen molar-refractivity contribution in [1.82, 2.24) is 9.58 Å². The van der Waals surface area contributed by atoms with Crippen LogP contribution in [-0.2, 0) is 11.0 Å². The van der Waals surface area contributed by atoms with Gasteiger partial charge in [0, 0.05) is 22.8 Å². The van der Waals surface area contributed by atoms with E-state index in [4.69, 9.17) is 10.1 Å². The van der Waals surface area contributed by atoms with Crippen LogP contribution in [0.5, 0.6) is 5.75 Å². The first-order chi connectivity index (χ1) is 18.6. The van der Waals surface area contributed by atoms with Gasteiger partial charge in [0.05, 0.1) is 17.7 Å². The topological polar surface area (TPSA) is 83.0 Å². The molecule has 0 radical (unpaired) electrons. The normalized spacial score (nSPS) is 16.4. The molecule has 0 atom stereocenters. The molecule has 3 heterocycles. The number of carbonyl (C=O) groups is 1. The number of carbonyl (C=O) groups excluding carboxylic acids is 1. The lowest BCUT2D eigenvalue weighted by Crippen LogP contribution is -2.35. The first-order valence-corrected chi connectivity index (χ1v) is 13.6. The molecule has 0 aliphatic carbocycles. The summed E-state index contributed by atoms with van der Waals surface area (Å²) in [5.74, 6) is 0.706. The van der Waals surface area contributed by atoms with Crippen LogP contribution in [0.1, 0.15) is 22.5 Å². The number of amidine groups is 2. The van der Waals surface area contributed by atoms with Crippen LogP contribution in [0.4, 0.5) is 13.2 Å². The number of fused-ring (bicyclic) bond motifs is 1. The molecule has 0 unspecified atom stereocenters. The van der Waals surface area contributed by atoms with Crippen molar-refractivity contribution < 1.29 is 22.7 Å². The Bertz CT molecular complexity index is 1540. The second-order valence-corrected chi connectivity index (χ2v) is 10.9. The zero-order valence-electron chi connectivity index (χ0n) is 20.8. The molecule has 1 amide bonds. The molecule has 0 fully saturated rings. The Kier molecular flexibility index (Phi) is 7.41. The van der Waals surface area contributed by atoms with Crippen LogP contribution in [0.15, 0.2) is 76.3 Å². The summed E-state index contributed by atoms with van der Waals surface area (Å²) in [6, 6.07) is 16.3. The second-order valence-electron chi connectivity index (χ2n) is 8.61. The lowest BCUT2D eigenvalue weighted by molar-refractivity contribution is -0.137. The molecule has 2 aliphatic rings. The molecule has 2 aromatic carbocycles. The molecule has 200 valence electrons. The van der Waals surface area contributed by atoms with Gasteiger partial charge in [-0.2, -0.15) is 23.2 Å². The summed E-state index contributed by atoms with van der Waals surface area (Å²) < 4.78 is 47.8. The third-order valence-electron chi connectivity index (χ3n) is 5.96. The molecular formula is C27H22F3N5O2S2. The van der Waals surface area contributed by atoms with Crippen LogP contribution in [0, 0.1) is 19.3 Å². The van der Waals surface area contributed by atoms with Gasteiger partial charge in [0.15, 0.2) is 10.2 Å². The maximum absolute atomic E-state index is 13.3. The van der Waals surface area contributed by atoms with Gasteiger partial charge >= 0.3 is 6.18 Å². The highest BCUT2D eigenvalue weighted by atomic mass is 32.2. The Morgan fingerprint density at radius 3 is 2.62 bits per heavy atom. The van der Waals surface area contributed by atoms with Gasteiger partial charge < -0.3 is 9.30 Å². The monoisotopic (exact) mass is 569 g/mol. The van der Waals surface area contributed by atoms with Crippen molar-refractivity contribution >= 4 is 50.9 Å². The Morgan fingerprint density at radius 2 is 1.87 bits per heavy atom. The number of aromatic nitrogens is 1. The van der Waals surface area contributed by atoms with E-state index in [9.17, 15) is 18.0 Å². The van der Waals surface area contributed by atoms with Gasteiger partial charge in [0.1, 0.15) is 5.75 Å². The minimum atomic E-state index is -4.46. The SMILES string of the molecule is Cc1cc(C=C2C(=N)N3N=C(SCCOc4ccccc4)SC3=NC2=O)c(C)n1-c1cccc(C(F)(F)F)c1. The van der Waals surface area contributed by atoms with Crippen molar-refractivity contribution in [2.75, 3.05) is 12.4 Å². The number of nitrogens with zero attached hydrogens (tertiary/aromatic N) is 4. The molecule has 1 N–H and O–H groups in total. The molecule has 3 aromatic rings. The summed E-state index contributed by atoms with van der Waals surface area (Å²) in [7, 11) is 0. The minimum absolute atomic E-state index is 0.0473. The molecule has 1 aromatic heterocycles. The quantitative estimate of drug-likeness (QED) is 0.271. The van der Waals surface area contributed by atoms with Gasteiger partial charge in [-0.3, -0.25) is 10.2 Å². The third-order valence-corrected chi connectivity index (χ3v) is 7.96. The number of hydrogen-bond acceptors (Lipinski definition) is 6. The molecule has 12 heteroatoms. The van der Waals surface area contributed by atoms with Crippen molar-refractivity contribution in [2.45, 2.75) is 20.0 Å². The number of para-hydroxylation sites is 1. The average Bonchev–Trinajstić information content (AvgIpc) is 3.44. The maximum Gasteiger partial charge on any atom is 0.416 e. The number of nitrogens with one attached hydrogen (secondary N) is 1. The standard InChI is InChI=1S/C27H22F3N5O2S2/c1-16-13-18(17(2)34(16)20-8-6-7-19(15-20)27(28,29)30)14-22-23(31)35-25(32-24(22)36)39-26(33-35)38-12-11-37-21-9-4-3-5-10-21/h3-10,13-15,31H,11-12H2,1-2H3. The van der Waals surface area contributed by atoms with Crippen LogP contribution in [0.3, 0.4) is 0 Å². The molecule has 5 rings (SSSR count). The molecule has 39 heavy (non-hydrogen) atoms. The molecule has 0 spiro atoms. The van der Waals surface area contributed by atoms with E-state index < -0.39 is 17.6 Å². The zero-order valence-corrected chi connectivity index (χ0v) is 22.5. The Hall–Kier alpha value is -3.77. The smallest absolute Gasteiger partial charge is 0.416 e. The van der Waals surface area contributed by atoms with Crippen LogP contribution in [-0.4, -0.2) is 43.2 Å². The molecule has 0 saturated carbocycles. The van der Waals surface area contributed by atoms with E-state index in [1.165, 1.54) is 40.7 Å². The van der Waals surface area contributed by atoms with Crippen LogP contribution in [0.25, 0.3) is 11.8 Å². The van der Waals surface area contributed by atoms with E-state index in [0.29, 0.717) is 44.5 Å². The third kappa shape index (κ3) is 5.66. The van der Waals surface area contributed by atoms with Crippen LogP contribution in [0.2, 0.25) is 0 Å². The summed E-state index contributed by atoms with van der Waals surface area (Å²) in [4.78, 5) is 17.0. The number of ether oxygens (including phenoxy) is 1. The first-order valence-electron chi connectivity index (χ1n) is 11.8. The number of aryl methyl sites for hydroxylation is 1. The van der Waals surface area contributed by atoms with Crippen molar-refractivity contribution in [3.63, 3.8) is 0 Å². The molecule has 7 nitrogen and oxygen atoms in total. The predicted molar refractivity (Wildman–Crippen MR) is 150 cm³/mol. The number of halogens is 3. The van der Waals surface area contributed by atoms with Crippen LogP contribution >= 0.6 is 23.5 Å². The first kappa shape index (κ1) is 26.8. The van der Waals surface area contributed by atoms with Crippen molar-refractivity contribution in [3.8, 4) is 11.4 Å². The highest BCUT2D eigenvalue weighted by molar-refractivity contribution is 8.45. The Morgan fingerprint density at radius 1 is 1.10 bits per heavy atom. The predicted octanol–water partition coefficient (Wildman–Crippen LogP) is 6.50. The number of alkyl halides is 3. The molecule has 2 aliphatic heterocycles. The maximum atomic E-state index is 13.3. The Balaban J connectivity index is 1.33. The number of hydrogen-bond donors (Lipinski definition) is 1. The van der Waals surface area contributed by atoms with E-state index in [1.807, 2.05) is 30.3 Å². The van der Waals surface area contributed by atoms with E-state index in [0.717, 1.165) is 17.9 Å². The number of hydrazone groups is 1. The van der Waals surface area contributed by atoms with Crippen molar-refractivity contribution in [1.29, 1.82) is 5.41 Å². The largest absolute Gasteiger partial charge is 0.493 e.